The first-order valence-electron chi connectivity index (χ1n) is 10.1. The number of benzene rings is 2. The smallest absolute Gasteiger partial charge is 0.191 e. The Kier molecular flexibility index (Phi) is 10.1. The Morgan fingerprint density at radius 1 is 1.23 bits per heavy atom. The zero-order chi connectivity index (χ0) is 20.6. The van der Waals surface area contributed by atoms with E-state index in [1.54, 1.807) is 18.9 Å². The first-order chi connectivity index (χ1) is 14.1. The van der Waals surface area contributed by atoms with Gasteiger partial charge in [0.05, 0.1) is 12.8 Å². The summed E-state index contributed by atoms with van der Waals surface area (Å²) in [7, 11) is 3.57. The number of hydrogen-bond acceptors (Lipinski definition) is 4. The van der Waals surface area contributed by atoms with Crippen LogP contribution in [0.2, 0.25) is 0 Å². The third-order valence-electron chi connectivity index (χ3n) is 5.38. The Morgan fingerprint density at radius 2 is 2.03 bits per heavy atom. The normalized spacial score (nSPS) is 16.2. The maximum Gasteiger partial charge on any atom is 0.191 e. The number of thioether (sulfide) groups is 1. The van der Waals surface area contributed by atoms with Crippen molar-refractivity contribution >= 4 is 47.4 Å². The Morgan fingerprint density at radius 3 is 2.77 bits per heavy atom. The Balaban J connectivity index is 0.00000320. The average molecular weight is 541 g/mol. The summed E-state index contributed by atoms with van der Waals surface area (Å²) in [5.41, 5.74) is 3.78. The van der Waals surface area contributed by atoms with Crippen LogP contribution in [-0.4, -0.2) is 46.0 Å². The fraction of sp³-hybridized carbons (Fsp3) is 0.435. The molecule has 1 aliphatic rings. The molecular formula is C23H33IN4OS. The van der Waals surface area contributed by atoms with E-state index in [2.05, 4.69) is 64.0 Å². The highest BCUT2D eigenvalue weighted by atomic mass is 127. The lowest BCUT2D eigenvalue weighted by Gasteiger charge is -2.21. The van der Waals surface area contributed by atoms with Gasteiger partial charge in [0, 0.05) is 38.1 Å². The first kappa shape index (κ1) is 24.7. The van der Waals surface area contributed by atoms with Gasteiger partial charge < -0.3 is 20.3 Å². The number of ether oxygens (including phenoxy) is 1. The van der Waals surface area contributed by atoms with Gasteiger partial charge in [-0.15, -0.1) is 35.7 Å². The highest BCUT2D eigenvalue weighted by Crippen LogP contribution is 2.31. The van der Waals surface area contributed by atoms with E-state index in [0.717, 1.165) is 44.3 Å². The van der Waals surface area contributed by atoms with Crippen LogP contribution in [0, 0.1) is 12.8 Å². The van der Waals surface area contributed by atoms with Crippen molar-refractivity contribution in [3.05, 3.63) is 53.6 Å². The molecule has 1 heterocycles. The quantitative estimate of drug-likeness (QED) is 0.234. The van der Waals surface area contributed by atoms with Gasteiger partial charge in [-0.25, -0.2) is 0 Å². The van der Waals surface area contributed by atoms with Gasteiger partial charge in [0.1, 0.15) is 5.75 Å². The zero-order valence-electron chi connectivity index (χ0n) is 18.3. The third-order valence-corrected chi connectivity index (χ3v) is 6.20. The Bertz CT molecular complexity index is 846. The number of para-hydroxylation sites is 2. The fourth-order valence-electron chi connectivity index (χ4n) is 3.75. The van der Waals surface area contributed by atoms with E-state index in [-0.39, 0.29) is 24.0 Å². The number of methoxy groups -OCH3 is 1. The number of rotatable bonds is 7. The summed E-state index contributed by atoms with van der Waals surface area (Å²) in [6, 6.07) is 14.9. The van der Waals surface area contributed by atoms with Gasteiger partial charge in [0.15, 0.2) is 5.96 Å². The minimum Gasteiger partial charge on any atom is -0.495 e. The van der Waals surface area contributed by atoms with Gasteiger partial charge >= 0.3 is 0 Å². The fourth-order valence-corrected chi connectivity index (χ4v) is 4.45. The van der Waals surface area contributed by atoms with E-state index in [4.69, 9.17) is 4.74 Å². The van der Waals surface area contributed by atoms with Crippen LogP contribution in [-0.2, 0) is 6.54 Å². The standard InChI is InChI=1S/C23H32N4OS.HI/c1-17-9-10-19(22(13-17)29-4)15-26-23(24-2)25-14-18-11-12-27(16-18)20-7-5-6-8-21(20)28-3;/h5-10,13,18H,11-12,14-16H2,1-4H3,(H2,24,25,26);1H. The molecule has 5 nitrogen and oxygen atoms in total. The predicted molar refractivity (Wildman–Crippen MR) is 140 cm³/mol. The highest BCUT2D eigenvalue weighted by Gasteiger charge is 2.24. The lowest BCUT2D eigenvalue weighted by Crippen LogP contribution is -2.40. The Hall–Kier alpha value is -1.61. The second-order valence-corrected chi connectivity index (χ2v) is 8.24. The number of nitrogens with zero attached hydrogens (tertiary/aromatic N) is 2. The van der Waals surface area contributed by atoms with Crippen LogP contribution in [0.1, 0.15) is 17.5 Å². The largest absolute Gasteiger partial charge is 0.495 e. The summed E-state index contributed by atoms with van der Waals surface area (Å²) in [5.74, 6) is 2.38. The van der Waals surface area contributed by atoms with Crippen LogP contribution in [0.25, 0.3) is 0 Å². The van der Waals surface area contributed by atoms with Gasteiger partial charge in [0.2, 0.25) is 0 Å². The molecule has 1 saturated heterocycles. The molecule has 0 aliphatic carbocycles. The summed E-state index contributed by atoms with van der Waals surface area (Å²) in [5, 5.41) is 6.96. The molecule has 1 atom stereocenters. The molecule has 0 spiro atoms. The van der Waals surface area contributed by atoms with Crippen molar-refractivity contribution in [3.8, 4) is 5.75 Å². The SMILES string of the molecule is CN=C(NCc1ccc(C)cc1SC)NCC1CCN(c2ccccc2OC)C1.I. The number of halogens is 1. The molecule has 0 bridgehead atoms. The minimum atomic E-state index is 0. The average Bonchev–Trinajstić information content (AvgIpc) is 3.23. The van der Waals surface area contributed by atoms with Crippen LogP contribution in [0.15, 0.2) is 52.4 Å². The van der Waals surface area contributed by atoms with Gasteiger partial charge in [-0.3, -0.25) is 4.99 Å². The van der Waals surface area contributed by atoms with E-state index in [0.29, 0.717) is 5.92 Å². The monoisotopic (exact) mass is 540 g/mol. The molecule has 0 saturated carbocycles. The lowest BCUT2D eigenvalue weighted by molar-refractivity contribution is 0.414. The highest BCUT2D eigenvalue weighted by molar-refractivity contribution is 14.0. The lowest BCUT2D eigenvalue weighted by atomic mass is 10.1. The molecular weight excluding hydrogens is 507 g/mol. The van der Waals surface area contributed by atoms with Crippen LogP contribution in [0.5, 0.6) is 5.75 Å². The van der Waals surface area contributed by atoms with Gasteiger partial charge in [-0.2, -0.15) is 0 Å². The topological polar surface area (TPSA) is 48.9 Å². The van der Waals surface area contributed by atoms with Crippen molar-refractivity contribution < 1.29 is 4.74 Å². The first-order valence-corrected chi connectivity index (χ1v) is 11.3. The van der Waals surface area contributed by atoms with Gasteiger partial charge in [-0.05, 0) is 54.8 Å². The number of anilines is 1. The van der Waals surface area contributed by atoms with Gasteiger partial charge in [0.25, 0.3) is 0 Å². The van der Waals surface area contributed by atoms with E-state index < -0.39 is 0 Å². The zero-order valence-corrected chi connectivity index (χ0v) is 21.4. The molecule has 1 fully saturated rings. The number of hydrogen-bond donors (Lipinski definition) is 2. The molecule has 2 aromatic carbocycles. The molecule has 1 aliphatic heterocycles. The maximum absolute atomic E-state index is 5.52. The van der Waals surface area contributed by atoms with E-state index in [1.807, 2.05) is 19.2 Å². The number of guanidine groups is 1. The molecule has 3 rings (SSSR count). The van der Waals surface area contributed by atoms with E-state index in [1.165, 1.54) is 21.7 Å². The number of aliphatic imine (C=N–C) groups is 1. The van der Waals surface area contributed by atoms with Crippen molar-refractivity contribution in [2.75, 3.05) is 44.9 Å². The van der Waals surface area contributed by atoms with Gasteiger partial charge in [-0.1, -0.05) is 24.3 Å². The summed E-state index contributed by atoms with van der Waals surface area (Å²) >= 11 is 1.79. The van der Waals surface area contributed by atoms with Crippen LogP contribution >= 0.6 is 35.7 Å². The van der Waals surface area contributed by atoms with Crippen LogP contribution in [0.4, 0.5) is 5.69 Å². The molecule has 1 unspecified atom stereocenters. The summed E-state index contributed by atoms with van der Waals surface area (Å²) in [4.78, 5) is 8.13. The van der Waals surface area contributed by atoms with Crippen molar-refractivity contribution in [2.45, 2.75) is 24.8 Å². The maximum atomic E-state index is 5.52. The molecule has 0 aromatic heterocycles. The third kappa shape index (κ3) is 6.44. The van der Waals surface area contributed by atoms with E-state index in [9.17, 15) is 0 Å². The summed E-state index contributed by atoms with van der Waals surface area (Å²) < 4.78 is 5.52. The van der Waals surface area contributed by atoms with Crippen LogP contribution in [0.3, 0.4) is 0 Å². The molecule has 2 N–H and O–H groups in total. The molecule has 0 amide bonds. The van der Waals surface area contributed by atoms with Crippen molar-refractivity contribution in [3.63, 3.8) is 0 Å². The second kappa shape index (κ2) is 12.3. The molecule has 7 heteroatoms. The summed E-state index contributed by atoms with van der Waals surface area (Å²) in [6.45, 7) is 5.90. The van der Waals surface area contributed by atoms with E-state index >= 15 is 0 Å². The summed E-state index contributed by atoms with van der Waals surface area (Å²) in [6.07, 6.45) is 3.29. The molecule has 164 valence electrons. The predicted octanol–water partition coefficient (Wildman–Crippen LogP) is 4.54. The van der Waals surface area contributed by atoms with Crippen molar-refractivity contribution in [2.24, 2.45) is 10.9 Å². The second-order valence-electron chi connectivity index (χ2n) is 7.39. The van der Waals surface area contributed by atoms with Crippen molar-refractivity contribution in [1.82, 2.24) is 10.6 Å². The number of nitrogens with one attached hydrogen (secondary N) is 2. The van der Waals surface area contributed by atoms with Crippen LogP contribution < -0.4 is 20.3 Å². The number of aryl methyl sites for hydroxylation is 1. The minimum absolute atomic E-state index is 0. The Labute approximate surface area is 202 Å². The molecule has 30 heavy (non-hydrogen) atoms. The molecule has 2 aromatic rings. The molecule has 0 radical (unpaired) electrons. The van der Waals surface area contributed by atoms with Crippen molar-refractivity contribution in [1.29, 1.82) is 0 Å².